The van der Waals surface area contributed by atoms with Crippen molar-refractivity contribution < 1.29 is 9.47 Å². The van der Waals surface area contributed by atoms with Crippen molar-refractivity contribution in [1.29, 1.82) is 5.26 Å². The highest BCUT2D eigenvalue weighted by Crippen LogP contribution is 2.32. The van der Waals surface area contributed by atoms with Crippen molar-refractivity contribution in [3.63, 3.8) is 0 Å². The molecule has 2 N–H and O–H groups in total. The van der Waals surface area contributed by atoms with Gasteiger partial charge in [-0.1, -0.05) is 11.6 Å². The monoisotopic (exact) mass is 369 g/mol. The highest BCUT2D eigenvalue weighted by Gasteiger charge is 2.12. The number of ether oxygens (including phenoxy) is 2. The molecular formula is C19H16ClN3O3. The molecule has 0 aliphatic carbocycles. The van der Waals surface area contributed by atoms with Crippen LogP contribution in [-0.4, -0.2) is 19.2 Å². The Balaban J connectivity index is 1.92. The third kappa shape index (κ3) is 3.44. The fraction of sp³-hybridized carbons (Fsp3) is 0.158. The Morgan fingerprint density at radius 2 is 1.85 bits per heavy atom. The van der Waals surface area contributed by atoms with Crippen LogP contribution in [0.15, 0.2) is 41.2 Å². The molecule has 0 aliphatic rings. The van der Waals surface area contributed by atoms with E-state index in [1.54, 1.807) is 36.4 Å². The smallest absolute Gasteiger partial charge is 0.253 e. The number of aromatic amines is 1. The lowest BCUT2D eigenvalue weighted by Gasteiger charge is -2.13. The first kappa shape index (κ1) is 17.6. The van der Waals surface area contributed by atoms with Crippen LogP contribution in [0.3, 0.4) is 0 Å². The second kappa shape index (κ2) is 7.38. The molecule has 7 heteroatoms. The summed E-state index contributed by atoms with van der Waals surface area (Å²) in [6, 6.07) is 12.5. The van der Waals surface area contributed by atoms with Gasteiger partial charge in [-0.25, -0.2) is 0 Å². The molecule has 0 fully saturated rings. The van der Waals surface area contributed by atoms with Crippen LogP contribution in [0.1, 0.15) is 11.1 Å². The van der Waals surface area contributed by atoms with E-state index in [1.807, 2.05) is 0 Å². The van der Waals surface area contributed by atoms with Crippen molar-refractivity contribution >= 4 is 28.2 Å². The van der Waals surface area contributed by atoms with Crippen LogP contribution in [0, 0.1) is 11.3 Å². The minimum atomic E-state index is -0.181. The van der Waals surface area contributed by atoms with Crippen LogP contribution in [0.25, 0.3) is 10.9 Å². The van der Waals surface area contributed by atoms with Crippen molar-refractivity contribution in [2.45, 2.75) is 6.54 Å². The van der Waals surface area contributed by atoms with Crippen molar-refractivity contribution in [2.24, 2.45) is 0 Å². The number of H-pyrrole nitrogens is 1. The van der Waals surface area contributed by atoms with Gasteiger partial charge >= 0.3 is 0 Å². The maximum absolute atomic E-state index is 12.3. The number of halogens is 1. The van der Waals surface area contributed by atoms with Gasteiger partial charge in [-0.3, -0.25) is 4.79 Å². The van der Waals surface area contributed by atoms with Crippen molar-refractivity contribution in [3.8, 4) is 17.6 Å². The second-order valence-corrected chi connectivity index (χ2v) is 6.01. The molecule has 0 aliphatic heterocycles. The Morgan fingerprint density at radius 1 is 1.15 bits per heavy atom. The molecule has 26 heavy (non-hydrogen) atoms. The Morgan fingerprint density at radius 3 is 2.46 bits per heavy atom. The molecule has 0 amide bonds. The maximum Gasteiger partial charge on any atom is 0.253 e. The van der Waals surface area contributed by atoms with E-state index in [4.69, 9.17) is 21.1 Å². The summed E-state index contributed by atoms with van der Waals surface area (Å²) < 4.78 is 10.5. The first-order valence-electron chi connectivity index (χ1n) is 7.77. The lowest BCUT2D eigenvalue weighted by Crippen LogP contribution is -2.15. The van der Waals surface area contributed by atoms with Gasteiger partial charge in [-0.15, -0.1) is 0 Å². The zero-order chi connectivity index (χ0) is 18.7. The maximum atomic E-state index is 12.3. The van der Waals surface area contributed by atoms with Crippen molar-refractivity contribution in [2.75, 3.05) is 19.5 Å². The Labute approximate surface area is 154 Å². The minimum absolute atomic E-state index is 0.181. The number of nitrogens with zero attached hydrogens (tertiary/aromatic N) is 1. The molecule has 3 rings (SSSR count). The normalized spacial score (nSPS) is 10.4. The first-order valence-corrected chi connectivity index (χ1v) is 8.15. The molecule has 0 saturated heterocycles. The summed E-state index contributed by atoms with van der Waals surface area (Å²) >= 11 is 6.02. The van der Waals surface area contributed by atoms with E-state index in [1.165, 1.54) is 14.2 Å². The lowest BCUT2D eigenvalue weighted by atomic mass is 10.1. The van der Waals surface area contributed by atoms with Crippen LogP contribution in [0.5, 0.6) is 11.5 Å². The second-order valence-electron chi connectivity index (χ2n) is 5.58. The number of nitriles is 1. The van der Waals surface area contributed by atoms with Gasteiger partial charge in [-0.2, -0.15) is 5.26 Å². The van der Waals surface area contributed by atoms with Crippen molar-refractivity contribution in [3.05, 3.63) is 62.9 Å². The van der Waals surface area contributed by atoms with Gasteiger partial charge in [-0.05, 0) is 24.3 Å². The van der Waals surface area contributed by atoms with Gasteiger partial charge in [0.25, 0.3) is 5.56 Å². The van der Waals surface area contributed by atoms with Crippen LogP contribution >= 0.6 is 11.6 Å². The van der Waals surface area contributed by atoms with E-state index in [9.17, 15) is 10.1 Å². The summed E-state index contributed by atoms with van der Waals surface area (Å²) in [7, 11) is 2.97. The molecule has 0 atom stereocenters. The molecule has 1 heterocycles. The highest BCUT2D eigenvalue weighted by atomic mass is 35.5. The molecule has 0 bridgehead atoms. The Kier molecular flexibility index (Phi) is 5.01. The zero-order valence-electron chi connectivity index (χ0n) is 14.2. The van der Waals surface area contributed by atoms with E-state index in [2.05, 4.69) is 16.4 Å². The molecule has 132 valence electrons. The topological polar surface area (TPSA) is 87.1 Å². The summed E-state index contributed by atoms with van der Waals surface area (Å²) in [5.41, 5.74) is 2.09. The molecule has 0 radical (unpaired) electrons. The highest BCUT2D eigenvalue weighted by molar-refractivity contribution is 6.31. The zero-order valence-corrected chi connectivity index (χ0v) is 15.0. The number of aromatic nitrogens is 1. The number of hydrogen-bond donors (Lipinski definition) is 2. The van der Waals surface area contributed by atoms with Crippen LogP contribution in [0.2, 0.25) is 5.02 Å². The summed E-state index contributed by atoms with van der Waals surface area (Å²) in [6.07, 6.45) is 0. The number of hydrogen-bond acceptors (Lipinski definition) is 5. The molecule has 0 spiro atoms. The molecule has 2 aromatic carbocycles. The fourth-order valence-electron chi connectivity index (χ4n) is 2.68. The standard InChI is InChI=1S/C19H16ClN3O3/c1-25-17-7-14(8-18(26-2)15(17)9-21)22-10-12-5-11-6-13(20)3-4-16(11)23-19(12)24/h3-8,22H,10H2,1-2H3,(H,23,24). The molecule has 3 aromatic rings. The van der Waals surface area contributed by atoms with Crippen molar-refractivity contribution in [1.82, 2.24) is 4.98 Å². The summed E-state index contributed by atoms with van der Waals surface area (Å²) in [6.45, 7) is 0.288. The third-order valence-electron chi connectivity index (χ3n) is 3.98. The molecule has 1 aromatic heterocycles. The van der Waals surface area contributed by atoms with Gasteiger partial charge in [0.05, 0.1) is 14.2 Å². The summed E-state index contributed by atoms with van der Waals surface area (Å²) in [5.74, 6) is 0.794. The largest absolute Gasteiger partial charge is 0.495 e. The predicted octanol–water partition coefficient (Wildman–Crippen LogP) is 3.68. The minimum Gasteiger partial charge on any atom is -0.495 e. The SMILES string of the molecule is COc1cc(NCc2cc3cc(Cl)ccc3[nH]c2=O)cc(OC)c1C#N. The van der Waals surface area contributed by atoms with Gasteiger partial charge in [0.1, 0.15) is 23.1 Å². The Bertz CT molecular complexity index is 1040. The van der Waals surface area contributed by atoms with E-state index < -0.39 is 0 Å². The fourth-order valence-corrected chi connectivity index (χ4v) is 2.86. The van der Waals surface area contributed by atoms with Gasteiger partial charge in [0.2, 0.25) is 0 Å². The average Bonchev–Trinajstić information content (AvgIpc) is 2.65. The van der Waals surface area contributed by atoms with Gasteiger partial charge < -0.3 is 19.8 Å². The predicted molar refractivity (Wildman–Crippen MR) is 101 cm³/mol. The van der Waals surface area contributed by atoms with Crippen LogP contribution < -0.4 is 20.3 Å². The number of benzene rings is 2. The number of anilines is 1. The van der Waals surface area contributed by atoms with Crippen LogP contribution in [0.4, 0.5) is 5.69 Å². The number of methoxy groups -OCH3 is 2. The molecular weight excluding hydrogens is 354 g/mol. The number of pyridine rings is 1. The Hall–Kier alpha value is -3.17. The lowest BCUT2D eigenvalue weighted by molar-refractivity contribution is 0.392. The van der Waals surface area contributed by atoms with E-state index in [-0.39, 0.29) is 12.1 Å². The number of rotatable bonds is 5. The summed E-state index contributed by atoms with van der Waals surface area (Å²) in [4.78, 5) is 15.1. The summed E-state index contributed by atoms with van der Waals surface area (Å²) in [5, 5.41) is 13.8. The van der Waals surface area contributed by atoms with E-state index in [0.717, 1.165) is 10.9 Å². The van der Waals surface area contributed by atoms with Gasteiger partial charge in [0.15, 0.2) is 0 Å². The quantitative estimate of drug-likeness (QED) is 0.716. The third-order valence-corrected chi connectivity index (χ3v) is 4.22. The average molecular weight is 370 g/mol. The molecule has 0 saturated carbocycles. The number of fused-ring (bicyclic) bond motifs is 1. The number of nitrogens with one attached hydrogen (secondary N) is 2. The van der Waals surface area contributed by atoms with E-state index >= 15 is 0 Å². The van der Waals surface area contributed by atoms with E-state index in [0.29, 0.717) is 33.3 Å². The molecule has 0 unspecified atom stereocenters. The van der Waals surface area contributed by atoms with Crippen LogP contribution in [-0.2, 0) is 6.54 Å². The first-order chi connectivity index (χ1) is 12.5. The molecule has 6 nitrogen and oxygen atoms in total. The van der Waals surface area contributed by atoms with Gasteiger partial charge in [0, 0.05) is 45.9 Å².